The molecule has 3 rings (SSSR count). The average Bonchev–Trinajstić information content (AvgIpc) is 3.31. The predicted molar refractivity (Wildman–Crippen MR) is 154 cm³/mol. The van der Waals surface area contributed by atoms with E-state index in [9.17, 15) is 18.4 Å². The quantitative estimate of drug-likeness (QED) is 0.117. The second-order valence-corrected chi connectivity index (χ2v) is 9.20. The van der Waals surface area contributed by atoms with Crippen molar-refractivity contribution < 1.29 is 28.2 Å². The van der Waals surface area contributed by atoms with Gasteiger partial charge in [-0.1, -0.05) is 51.4 Å². The monoisotopic (exact) mass is 551 g/mol. The molecule has 0 bridgehead atoms. The number of unbranched alkanes of at least 4 members (excludes halogenated alkanes) is 6. The molecule has 0 saturated heterocycles. The SMILES string of the molecule is CC.COC(=O)c1cn(C)c(C(=O)c2ccc(C#CCCCCCCCCO)cc2)c1-c1c(F)ccc(F)c1C. The zero-order valence-electron chi connectivity index (χ0n) is 24.1. The number of carbonyl (C=O) groups is 2. The topological polar surface area (TPSA) is 68.5 Å². The molecule has 0 radical (unpaired) electrons. The molecule has 1 N–H and O–H groups in total. The summed E-state index contributed by atoms with van der Waals surface area (Å²) in [4.78, 5) is 26.1. The van der Waals surface area contributed by atoms with Gasteiger partial charge < -0.3 is 14.4 Å². The molecule has 0 atom stereocenters. The summed E-state index contributed by atoms with van der Waals surface area (Å²) in [7, 11) is 2.76. The summed E-state index contributed by atoms with van der Waals surface area (Å²) in [6.07, 6.45) is 8.46. The average molecular weight is 552 g/mol. The number of aromatic nitrogens is 1. The highest BCUT2D eigenvalue weighted by Gasteiger charge is 2.29. The van der Waals surface area contributed by atoms with Gasteiger partial charge in [-0.3, -0.25) is 4.79 Å². The molecular formula is C33H39F2NO4. The molecule has 0 spiro atoms. The number of esters is 1. The Morgan fingerprint density at radius 3 is 2.12 bits per heavy atom. The van der Waals surface area contributed by atoms with E-state index < -0.39 is 23.4 Å². The van der Waals surface area contributed by atoms with Crippen LogP contribution in [-0.4, -0.2) is 35.1 Å². The normalized spacial score (nSPS) is 10.3. The van der Waals surface area contributed by atoms with Crippen molar-refractivity contribution in [2.24, 2.45) is 7.05 Å². The van der Waals surface area contributed by atoms with Gasteiger partial charge in [-0.2, -0.15) is 0 Å². The van der Waals surface area contributed by atoms with Crippen molar-refractivity contribution in [2.75, 3.05) is 13.7 Å². The lowest BCUT2D eigenvalue weighted by Crippen LogP contribution is -2.10. The molecule has 1 aromatic heterocycles. The van der Waals surface area contributed by atoms with Gasteiger partial charge in [0.1, 0.15) is 11.6 Å². The van der Waals surface area contributed by atoms with E-state index in [4.69, 9.17) is 9.84 Å². The van der Waals surface area contributed by atoms with Crippen molar-refractivity contribution in [3.63, 3.8) is 0 Å². The molecule has 0 fully saturated rings. The minimum Gasteiger partial charge on any atom is -0.465 e. The number of nitrogens with zero attached hydrogens (tertiary/aromatic N) is 1. The first-order valence-electron chi connectivity index (χ1n) is 13.8. The standard InChI is InChI=1S/C31H33F2NO4.C2H6/c1-21-25(32)17-18-26(33)27(21)28-24(31(37)38-3)20-34(2)29(28)30(36)23-15-13-22(14-16-23)12-10-8-6-4-5-7-9-11-19-35;1-2/h13-18,20,35H,4-9,11,19H2,1-3H3;1-2H3. The van der Waals surface area contributed by atoms with Gasteiger partial charge in [0.15, 0.2) is 0 Å². The van der Waals surface area contributed by atoms with Crippen LogP contribution in [0, 0.1) is 30.4 Å². The van der Waals surface area contributed by atoms with Gasteiger partial charge in [-0.05, 0) is 61.7 Å². The van der Waals surface area contributed by atoms with Crippen LogP contribution in [0.5, 0.6) is 0 Å². The van der Waals surface area contributed by atoms with E-state index in [1.54, 1.807) is 31.3 Å². The van der Waals surface area contributed by atoms with Crippen molar-refractivity contribution in [3.8, 4) is 23.0 Å². The van der Waals surface area contributed by atoms with Crippen LogP contribution in [0.3, 0.4) is 0 Å². The van der Waals surface area contributed by atoms with Crippen LogP contribution in [0.4, 0.5) is 8.78 Å². The third kappa shape index (κ3) is 8.12. The van der Waals surface area contributed by atoms with E-state index in [1.807, 2.05) is 13.8 Å². The van der Waals surface area contributed by atoms with Gasteiger partial charge in [0.05, 0.1) is 18.4 Å². The number of hydrogen-bond acceptors (Lipinski definition) is 4. The Hall–Kier alpha value is -3.76. The highest BCUT2D eigenvalue weighted by atomic mass is 19.1. The number of hydrogen-bond donors (Lipinski definition) is 1. The lowest BCUT2D eigenvalue weighted by molar-refractivity contribution is 0.0601. The number of rotatable bonds is 11. The number of halogens is 2. The maximum atomic E-state index is 15.0. The van der Waals surface area contributed by atoms with Gasteiger partial charge >= 0.3 is 5.97 Å². The Labute approximate surface area is 236 Å². The molecule has 0 amide bonds. The van der Waals surface area contributed by atoms with E-state index >= 15 is 0 Å². The summed E-state index contributed by atoms with van der Waals surface area (Å²) in [5.41, 5.74) is 0.957. The van der Waals surface area contributed by atoms with E-state index in [0.29, 0.717) is 5.56 Å². The molecule has 0 unspecified atom stereocenters. The third-order valence-corrected chi connectivity index (χ3v) is 6.49. The predicted octanol–water partition coefficient (Wildman–Crippen LogP) is 7.40. The maximum absolute atomic E-state index is 15.0. The molecule has 0 aliphatic rings. The second-order valence-electron chi connectivity index (χ2n) is 9.20. The molecule has 0 aliphatic carbocycles. The first-order valence-corrected chi connectivity index (χ1v) is 13.8. The Bertz CT molecular complexity index is 1350. The largest absolute Gasteiger partial charge is 0.465 e. The van der Waals surface area contributed by atoms with E-state index in [1.165, 1.54) is 24.8 Å². The molecular weight excluding hydrogens is 512 g/mol. The van der Waals surface area contributed by atoms with E-state index in [0.717, 1.165) is 62.6 Å². The summed E-state index contributed by atoms with van der Waals surface area (Å²) >= 11 is 0. The molecule has 214 valence electrons. The van der Waals surface area contributed by atoms with Crippen molar-refractivity contribution in [1.29, 1.82) is 0 Å². The molecule has 0 saturated carbocycles. The van der Waals surface area contributed by atoms with Gasteiger partial charge in [0, 0.05) is 48.5 Å². The number of aryl methyl sites for hydroxylation is 1. The fourth-order valence-corrected chi connectivity index (χ4v) is 4.42. The molecule has 40 heavy (non-hydrogen) atoms. The van der Waals surface area contributed by atoms with Crippen LogP contribution < -0.4 is 0 Å². The highest BCUT2D eigenvalue weighted by molar-refractivity contribution is 6.15. The van der Waals surface area contributed by atoms with Crippen molar-refractivity contribution in [2.45, 2.75) is 65.7 Å². The Morgan fingerprint density at radius 1 is 0.900 bits per heavy atom. The van der Waals surface area contributed by atoms with E-state index in [-0.39, 0.29) is 34.6 Å². The van der Waals surface area contributed by atoms with Crippen LogP contribution in [0.25, 0.3) is 11.1 Å². The fraction of sp³-hybridized carbons (Fsp3) is 0.394. The number of benzene rings is 2. The van der Waals surface area contributed by atoms with E-state index in [2.05, 4.69) is 11.8 Å². The van der Waals surface area contributed by atoms with Crippen LogP contribution in [0.2, 0.25) is 0 Å². The lowest BCUT2D eigenvalue weighted by Gasteiger charge is -2.13. The summed E-state index contributed by atoms with van der Waals surface area (Å²) in [5, 5.41) is 8.80. The van der Waals surface area contributed by atoms with Crippen LogP contribution in [-0.2, 0) is 11.8 Å². The summed E-state index contributed by atoms with van der Waals surface area (Å²) in [6, 6.07) is 8.74. The third-order valence-electron chi connectivity index (χ3n) is 6.49. The molecule has 2 aromatic carbocycles. The smallest absolute Gasteiger partial charge is 0.340 e. The minimum absolute atomic E-state index is 0.000853. The number of aliphatic hydroxyl groups is 1. The number of methoxy groups -OCH3 is 1. The second kappa shape index (κ2) is 16.4. The molecule has 3 aromatic rings. The zero-order valence-corrected chi connectivity index (χ0v) is 24.1. The Kier molecular flexibility index (Phi) is 13.3. The highest BCUT2D eigenvalue weighted by Crippen LogP contribution is 2.36. The first-order chi connectivity index (χ1) is 19.3. The lowest BCUT2D eigenvalue weighted by atomic mass is 9.93. The minimum atomic E-state index is -0.756. The number of carbonyl (C=O) groups excluding carboxylic acids is 2. The maximum Gasteiger partial charge on any atom is 0.340 e. The van der Waals surface area contributed by atoms with Crippen molar-refractivity contribution in [3.05, 3.63) is 82.2 Å². The van der Waals surface area contributed by atoms with Crippen LogP contribution >= 0.6 is 0 Å². The number of aliphatic hydroxyl groups excluding tert-OH is 1. The molecule has 1 heterocycles. The van der Waals surface area contributed by atoms with Crippen molar-refractivity contribution in [1.82, 2.24) is 4.57 Å². The Balaban J connectivity index is 0.00000274. The van der Waals surface area contributed by atoms with Gasteiger partial charge in [0.25, 0.3) is 0 Å². The summed E-state index contributed by atoms with van der Waals surface area (Å²) in [5.74, 6) is 3.67. The van der Waals surface area contributed by atoms with Crippen LogP contribution in [0.15, 0.2) is 42.6 Å². The van der Waals surface area contributed by atoms with Gasteiger partial charge in [-0.15, -0.1) is 0 Å². The Morgan fingerprint density at radius 2 is 1.50 bits per heavy atom. The number of ketones is 1. The molecule has 5 nitrogen and oxygen atoms in total. The van der Waals surface area contributed by atoms with Crippen LogP contribution in [0.1, 0.15) is 96.3 Å². The molecule has 0 aliphatic heterocycles. The fourth-order valence-electron chi connectivity index (χ4n) is 4.42. The summed E-state index contributed by atoms with van der Waals surface area (Å²) < 4.78 is 35.7. The molecule has 7 heteroatoms. The summed E-state index contributed by atoms with van der Waals surface area (Å²) in [6.45, 7) is 5.66. The van der Waals surface area contributed by atoms with Gasteiger partial charge in [-0.25, -0.2) is 13.6 Å². The first kappa shape index (κ1) is 32.5. The zero-order chi connectivity index (χ0) is 29.7. The number of ether oxygens (including phenoxy) is 1. The van der Waals surface area contributed by atoms with Gasteiger partial charge in [0.2, 0.25) is 5.78 Å². The van der Waals surface area contributed by atoms with Crippen molar-refractivity contribution >= 4 is 11.8 Å².